The van der Waals surface area contributed by atoms with E-state index in [4.69, 9.17) is 33.1 Å². The molecule has 0 aliphatic rings. The molecule has 32 heavy (non-hydrogen) atoms. The van der Waals surface area contributed by atoms with Gasteiger partial charge in [-0.25, -0.2) is 13.6 Å². The maximum Gasteiger partial charge on any atom is 0.262 e. The highest BCUT2D eigenvalue weighted by atomic mass is 35.5. The molecule has 3 aromatic rings. The van der Waals surface area contributed by atoms with Crippen molar-refractivity contribution in [2.45, 2.75) is 11.8 Å². The van der Waals surface area contributed by atoms with Gasteiger partial charge >= 0.3 is 0 Å². The molecular formula is C22H18Cl2N2O5S. The van der Waals surface area contributed by atoms with E-state index in [9.17, 15) is 18.0 Å². The van der Waals surface area contributed by atoms with Crippen LogP contribution in [0.3, 0.4) is 0 Å². The molecule has 0 radical (unpaired) electrons. The minimum Gasteiger partial charge on any atom is -0.483 e. The Morgan fingerprint density at radius 3 is 2.38 bits per heavy atom. The van der Waals surface area contributed by atoms with Crippen molar-refractivity contribution in [2.75, 3.05) is 11.9 Å². The Hall–Kier alpha value is -2.91. The lowest BCUT2D eigenvalue weighted by Gasteiger charge is -2.13. The number of carbonyl (C=O) groups excluding carboxylic acids is 2. The summed E-state index contributed by atoms with van der Waals surface area (Å²) in [7, 11) is -3.85. The summed E-state index contributed by atoms with van der Waals surface area (Å²) < 4.78 is 28.4. The third kappa shape index (κ3) is 5.86. The molecule has 0 aromatic heterocycles. The number of ether oxygens (including phenoxy) is 1. The van der Waals surface area contributed by atoms with Crippen LogP contribution < -0.4 is 15.2 Å². The number of sulfonamides is 1. The Morgan fingerprint density at radius 2 is 1.72 bits per heavy atom. The summed E-state index contributed by atoms with van der Waals surface area (Å²) in [5, 5.41) is 8.48. The average molecular weight is 493 g/mol. The van der Waals surface area contributed by atoms with Gasteiger partial charge in [0.2, 0.25) is 10.0 Å². The van der Waals surface area contributed by atoms with E-state index >= 15 is 0 Å². The average Bonchev–Trinajstić information content (AvgIpc) is 2.73. The van der Waals surface area contributed by atoms with Crippen molar-refractivity contribution in [1.29, 1.82) is 0 Å². The molecule has 3 rings (SSSR count). The Morgan fingerprint density at radius 1 is 1.00 bits per heavy atom. The Kier molecular flexibility index (Phi) is 7.20. The highest BCUT2D eigenvalue weighted by Crippen LogP contribution is 2.27. The molecule has 0 heterocycles. The van der Waals surface area contributed by atoms with Crippen molar-refractivity contribution in [2.24, 2.45) is 5.14 Å². The second kappa shape index (κ2) is 9.70. The van der Waals surface area contributed by atoms with Crippen molar-refractivity contribution in [3.63, 3.8) is 0 Å². The number of nitrogens with one attached hydrogen (secondary N) is 1. The van der Waals surface area contributed by atoms with Gasteiger partial charge in [-0.3, -0.25) is 9.59 Å². The fraction of sp³-hybridized carbons (Fsp3) is 0.0909. The molecule has 10 heteroatoms. The number of halogens is 2. The number of benzene rings is 3. The lowest BCUT2D eigenvalue weighted by molar-refractivity contribution is -0.118. The molecule has 0 atom stereocenters. The van der Waals surface area contributed by atoms with Gasteiger partial charge in [0, 0.05) is 21.3 Å². The van der Waals surface area contributed by atoms with Crippen LogP contribution in [0.15, 0.2) is 65.6 Å². The minimum absolute atomic E-state index is 0.0606. The van der Waals surface area contributed by atoms with E-state index in [-0.39, 0.29) is 22.0 Å². The van der Waals surface area contributed by atoms with Gasteiger partial charge in [-0.2, -0.15) is 0 Å². The number of carbonyl (C=O) groups is 2. The van der Waals surface area contributed by atoms with E-state index < -0.39 is 22.5 Å². The van der Waals surface area contributed by atoms with Gasteiger partial charge in [-0.15, -0.1) is 0 Å². The Labute approximate surface area is 195 Å². The number of ketones is 1. The second-order valence-electron chi connectivity index (χ2n) is 6.84. The van der Waals surface area contributed by atoms with Crippen molar-refractivity contribution in [3.8, 4) is 5.75 Å². The number of anilines is 1. The summed E-state index contributed by atoms with van der Waals surface area (Å²) in [6, 6.07) is 15.0. The summed E-state index contributed by atoms with van der Waals surface area (Å²) in [5.41, 5.74) is 1.44. The summed E-state index contributed by atoms with van der Waals surface area (Å²) >= 11 is 12.0. The standard InChI is InChI=1S/C22H18Cl2N2O5S/c1-13-9-17(32(25,29)30)6-7-19(13)26-21(27)12-31-20-8-5-16(24)11-18(20)22(28)14-3-2-4-15(23)10-14/h2-11H,12H2,1H3,(H,26,27)(H2,25,29,30). The van der Waals surface area contributed by atoms with E-state index in [1.54, 1.807) is 31.2 Å². The van der Waals surface area contributed by atoms with Gasteiger partial charge in [-0.1, -0.05) is 35.3 Å². The lowest BCUT2D eigenvalue weighted by atomic mass is 10.0. The molecule has 0 unspecified atom stereocenters. The molecular weight excluding hydrogens is 475 g/mol. The van der Waals surface area contributed by atoms with Crippen LogP contribution in [-0.2, 0) is 14.8 Å². The first-order valence-corrected chi connectivity index (χ1v) is 11.5. The van der Waals surface area contributed by atoms with E-state index in [2.05, 4.69) is 5.32 Å². The summed E-state index contributed by atoms with van der Waals surface area (Å²) in [6.45, 7) is 1.24. The highest BCUT2D eigenvalue weighted by molar-refractivity contribution is 7.89. The van der Waals surface area contributed by atoms with Gasteiger partial charge in [0.25, 0.3) is 5.91 Å². The molecule has 0 saturated carbocycles. The number of aryl methyl sites for hydroxylation is 1. The third-order valence-electron chi connectivity index (χ3n) is 4.43. The van der Waals surface area contributed by atoms with E-state index in [0.29, 0.717) is 26.9 Å². The molecule has 3 aromatic carbocycles. The first-order valence-electron chi connectivity index (χ1n) is 9.20. The van der Waals surface area contributed by atoms with Crippen LogP contribution in [0.1, 0.15) is 21.5 Å². The van der Waals surface area contributed by atoms with Gasteiger partial charge in [0.15, 0.2) is 12.4 Å². The fourth-order valence-corrected chi connectivity index (χ4v) is 3.83. The molecule has 166 valence electrons. The first kappa shape index (κ1) is 23.7. The molecule has 3 N–H and O–H groups in total. The predicted octanol–water partition coefficient (Wildman–Crippen LogP) is 4.20. The predicted molar refractivity (Wildman–Crippen MR) is 123 cm³/mol. The smallest absolute Gasteiger partial charge is 0.262 e. The molecule has 0 bridgehead atoms. The zero-order valence-electron chi connectivity index (χ0n) is 16.8. The molecule has 0 spiro atoms. The van der Waals surface area contributed by atoms with Crippen molar-refractivity contribution >= 4 is 50.6 Å². The molecule has 0 fully saturated rings. The van der Waals surface area contributed by atoms with Gasteiger partial charge in [-0.05, 0) is 61.0 Å². The van der Waals surface area contributed by atoms with Crippen LogP contribution in [0.4, 0.5) is 5.69 Å². The number of amides is 1. The summed E-state index contributed by atoms with van der Waals surface area (Å²) in [5.74, 6) is -0.691. The molecule has 0 aliphatic heterocycles. The first-order chi connectivity index (χ1) is 15.0. The maximum atomic E-state index is 12.9. The van der Waals surface area contributed by atoms with Gasteiger partial charge in [0.1, 0.15) is 5.75 Å². The quantitative estimate of drug-likeness (QED) is 0.479. The van der Waals surface area contributed by atoms with Crippen LogP contribution in [-0.4, -0.2) is 26.7 Å². The SMILES string of the molecule is Cc1cc(S(N)(=O)=O)ccc1NC(=O)COc1ccc(Cl)cc1C(=O)c1cccc(Cl)c1. The zero-order chi connectivity index (χ0) is 23.5. The number of primary sulfonamides is 1. The molecule has 0 saturated heterocycles. The van der Waals surface area contributed by atoms with Gasteiger partial charge < -0.3 is 10.1 Å². The lowest BCUT2D eigenvalue weighted by Crippen LogP contribution is -2.21. The van der Waals surface area contributed by atoms with Crippen LogP contribution in [0.5, 0.6) is 5.75 Å². The van der Waals surface area contributed by atoms with Crippen molar-refractivity contribution < 1.29 is 22.7 Å². The van der Waals surface area contributed by atoms with Crippen LogP contribution in [0.25, 0.3) is 0 Å². The number of hydrogen-bond acceptors (Lipinski definition) is 5. The van der Waals surface area contributed by atoms with Crippen molar-refractivity contribution in [1.82, 2.24) is 0 Å². The largest absolute Gasteiger partial charge is 0.483 e. The topological polar surface area (TPSA) is 116 Å². The molecule has 1 amide bonds. The minimum atomic E-state index is -3.85. The second-order valence-corrected chi connectivity index (χ2v) is 9.27. The maximum absolute atomic E-state index is 12.9. The van der Waals surface area contributed by atoms with E-state index in [1.807, 2.05) is 0 Å². The molecule has 7 nitrogen and oxygen atoms in total. The monoisotopic (exact) mass is 492 g/mol. The van der Waals surface area contributed by atoms with Crippen LogP contribution in [0, 0.1) is 6.92 Å². The number of hydrogen-bond donors (Lipinski definition) is 2. The normalized spacial score (nSPS) is 11.1. The Bertz CT molecular complexity index is 1310. The molecule has 0 aliphatic carbocycles. The Balaban J connectivity index is 1.75. The zero-order valence-corrected chi connectivity index (χ0v) is 19.1. The van der Waals surface area contributed by atoms with E-state index in [1.165, 1.54) is 36.4 Å². The summed E-state index contributed by atoms with van der Waals surface area (Å²) in [4.78, 5) is 25.2. The van der Waals surface area contributed by atoms with Crippen LogP contribution >= 0.6 is 23.2 Å². The fourth-order valence-electron chi connectivity index (χ4n) is 2.87. The highest BCUT2D eigenvalue weighted by Gasteiger charge is 2.17. The number of nitrogens with two attached hydrogens (primary N) is 1. The van der Waals surface area contributed by atoms with Gasteiger partial charge in [0.05, 0.1) is 10.5 Å². The van der Waals surface area contributed by atoms with Crippen molar-refractivity contribution in [3.05, 3.63) is 87.4 Å². The number of rotatable bonds is 7. The third-order valence-corrected chi connectivity index (χ3v) is 5.81. The summed E-state index contributed by atoms with van der Waals surface area (Å²) in [6.07, 6.45) is 0. The van der Waals surface area contributed by atoms with E-state index in [0.717, 1.165) is 0 Å². The van der Waals surface area contributed by atoms with Crippen LogP contribution in [0.2, 0.25) is 10.0 Å².